The number of nitrogens with one attached hydrogen (secondary N) is 2. The molecule has 158 valence electrons. The second-order valence-corrected chi connectivity index (χ2v) is 8.69. The number of rotatable bonds is 7. The molecule has 0 bridgehead atoms. The molecule has 2 aliphatic rings. The van der Waals surface area contributed by atoms with Gasteiger partial charge in [0, 0.05) is 50.1 Å². The van der Waals surface area contributed by atoms with Crippen molar-refractivity contribution in [2.45, 2.75) is 44.2 Å². The maximum absolute atomic E-state index is 12.0. The van der Waals surface area contributed by atoms with Gasteiger partial charge in [-0.15, -0.1) is 0 Å². The SMILES string of the molecule is CN=C(NCc1ccccc1CN1CCCC1=O)NCC1(c2cccc(Cl)c2)CC1. The van der Waals surface area contributed by atoms with E-state index in [0.717, 1.165) is 43.3 Å². The normalized spacial score (nSPS) is 17.9. The zero-order valence-corrected chi connectivity index (χ0v) is 18.2. The second kappa shape index (κ2) is 9.09. The fraction of sp³-hybridized carbons (Fsp3) is 0.417. The van der Waals surface area contributed by atoms with Crippen LogP contribution in [0.1, 0.15) is 42.4 Å². The van der Waals surface area contributed by atoms with Gasteiger partial charge in [-0.25, -0.2) is 0 Å². The molecule has 2 N–H and O–H groups in total. The number of carbonyl (C=O) groups is 1. The Morgan fingerprint density at radius 1 is 1.13 bits per heavy atom. The van der Waals surface area contributed by atoms with Crippen LogP contribution in [0.4, 0.5) is 0 Å². The maximum Gasteiger partial charge on any atom is 0.222 e. The van der Waals surface area contributed by atoms with E-state index in [2.05, 4.69) is 39.9 Å². The fourth-order valence-electron chi connectivity index (χ4n) is 4.15. The molecule has 1 heterocycles. The molecule has 1 aliphatic carbocycles. The summed E-state index contributed by atoms with van der Waals surface area (Å²) in [7, 11) is 1.79. The van der Waals surface area contributed by atoms with Crippen molar-refractivity contribution in [1.82, 2.24) is 15.5 Å². The Balaban J connectivity index is 1.35. The molecule has 6 heteroatoms. The zero-order valence-electron chi connectivity index (χ0n) is 17.5. The highest BCUT2D eigenvalue weighted by Gasteiger charge is 2.44. The third-order valence-electron chi connectivity index (χ3n) is 6.21. The van der Waals surface area contributed by atoms with Gasteiger partial charge >= 0.3 is 0 Å². The maximum atomic E-state index is 12.0. The first-order valence-electron chi connectivity index (χ1n) is 10.6. The molecule has 2 fully saturated rings. The van der Waals surface area contributed by atoms with Crippen molar-refractivity contribution in [2.24, 2.45) is 4.99 Å². The molecule has 0 aromatic heterocycles. The van der Waals surface area contributed by atoms with E-state index in [-0.39, 0.29) is 11.3 Å². The first-order chi connectivity index (χ1) is 14.6. The fourth-order valence-corrected chi connectivity index (χ4v) is 4.34. The number of hydrogen-bond donors (Lipinski definition) is 2. The number of amides is 1. The van der Waals surface area contributed by atoms with Gasteiger partial charge in [-0.2, -0.15) is 0 Å². The Morgan fingerprint density at radius 2 is 1.93 bits per heavy atom. The smallest absolute Gasteiger partial charge is 0.222 e. The molecule has 30 heavy (non-hydrogen) atoms. The predicted octanol–water partition coefficient (Wildman–Crippen LogP) is 3.86. The summed E-state index contributed by atoms with van der Waals surface area (Å²) < 4.78 is 0. The first kappa shape index (κ1) is 20.7. The third-order valence-corrected chi connectivity index (χ3v) is 6.44. The average Bonchev–Trinajstić information content (AvgIpc) is 3.45. The Kier molecular flexibility index (Phi) is 6.28. The van der Waals surface area contributed by atoms with Gasteiger partial charge in [-0.1, -0.05) is 48.0 Å². The van der Waals surface area contributed by atoms with Gasteiger partial charge in [-0.05, 0) is 48.1 Å². The molecule has 0 radical (unpaired) electrons. The molecule has 0 unspecified atom stereocenters. The van der Waals surface area contributed by atoms with Crippen LogP contribution >= 0.6 is 11.6 Å². The standard InChI is InChI=1S/C24H29ClN4O/c1-26-23(28-17-24(11-12-24)20-8-4-9-21(25)14-20)27-15-18-6-2-3-7-19(18)16-29-13-5-10-22(29)30/h2-4,6-9,14H,5,10-13,15-17H2,1H3,(H2,26,27,28). The quantitative estimate of drug-likeness (QED) is 0.524. The molecule has 1 amide bonds. The molecule has 1 aliphatic heterocycles. The highest BCUT2D eigenvalue weighted by molar-refractivity contribution is 6.30. The number of halogens is 1. The van der Waals surface area contributed by atoms with E-state index >= 15 is 0 Å². The van der Waals surface area contributed by atoms with Crippen LogP contribution in [-0.4, -0.2) is 36.9 Å². The lowest BCUT2D eigenvalue weighted by molar-refractivity contribution is -0.128. The summed E-state index contributed by atoms with van der Waals surface area (Å²) in [5.74, 6) is 1.04. The van der Waals surface area contributed by atoms with Crippen LogP contribution in [0.25, 0.3) is 0 Å². The summed E-state index contributed by atoms with van der Waals surface area (Å²) in [5.41, 5.74) is 3.82. The molecule has 0 atom stereocenters. The Morgan fingerprint density at radius 3 is 2.60 bits per heavy atom. The van der Waals surface area contributed by atoms with Crippen molar-refractivity contribution >= 4 is 23.5 Å². The van der Waals surface area contributed by atoms with Crippen LogP contribution in [0.5, 0.6) is 0 Å². The van der Waals surface area contributed by atoms with E-state index in [1.165, 1.54) is 16.7 Å². The third kappa shape index (κ3) is 4.78. The number of benzene rings is 2. The van der Waals surface area contributed by atoms with Crippen molar-refractivity contribution in [1.29, 1.82) is 0 Å². The van der Waals surface area contributed by atoms with E-state index in [1.807, 2.05) is 29.2 Å². The summed E-state index contributed by atoms with van der Waals surface area (Å²) in [6, 6.07) is 16.5. The molecule has 1 saturated heterocycles. The molecular formula is C24H29ClN4O. The molecule has 1 saturated carbocycles. The van der Waals surface area contributed by atoms with E-state index in [1.54, 1.807) is 7.05 Å². The van der Waals surface area contributed by atoms with Gasteiger partial charge in [0.05, 0.1) is 0 Å². The van der Waals surface area contributed by atoms with Gasteiger partial charge in [-0.3, -0.25) is 9.79 Å². The number of nitrogens with zero attached hydrogens (tertiary/aromatic N) is 2. The van der Waals surface area contributed by atoms with E-state index < -0.39 is 0 Å². The lowest BCUT2D eigenvalue weighted by atomic mass is 9.96. The van der Waals surface area contributed by atoms with Crippen molar-refractivity contribution in [2.75, 3.05) is 20.1 Å². The summed E-state index contributed by atoms with van der Waals surface area (Å²) in [5, 5.41) is 7.71. The van der Waals surface area contributed by atoms with E-state index in [4.69, 9.17) is 11.6 Å². The van der Waals surface area contributed by atoms with Crippen LogP contribution in [0, 0.1) is 0 Å². The molecular weight excluding hydrogens is 396 g/mol. The van der Waals surface area contributed by atoms with Crippen molar-refractivity contribution in [3.8, 4) is 0 Å². The minimum Gasteiger partial charge on any atom is -0.356 e. The van der Waals surface area contributed by atoms with Crippen LogP contribution in [0.2, 0.25) is 5.02 Å². The molecule has 4 rings (SSSR count). The number of likely N-dealkylation sites (tertiary alicyclic amines) is 1. The number of aliphatic imine (C=N–C) groups is 1. The van der Waals surface area contributed by atoms with Crippen LogP contribution < -0.4 is 10.6 Å². The van der Waals surface area contributed by atoms with Crippen molar-refractivity contribution in [3.05, 3.63) is 70.2 Å². The Hall–Kier alpha value is -2.53. The van der Waals surface area contributed by atoms with Gasteiger partial charge < -0.3 is 15.5 Å². The molecule has 2 aromatic carbocycles. The lowest BCUT2D eigenvalue weighted by Gasteiger charge is -2.21. The lowest BCUT2D eigenvalue weighted by Crippen LogP contribution is -2.41. The monoisotopic (exact) mass is 424 g/mol. The van der Waals surface area contributed by atoms with E-state index in [9.17, 15) is 4.79 Å². The average molecular weight is 425 g/mol. The second-order valence-electron chi connectivity index (χ2n) is 8.26. The predicted molar refractivity (Wildman–Crippen MR) is 122 cm³/mol. The van der Waals surface area contributed by atoms with E-state index in [0.29, 0.717) is 19.5 Å². The number of hydrogen-bond acceptors (Lipinski definition) is 2. The van der Waals surface area contributed by atoms with Crippen molar-refractivity contribution in [3.63, 3.8) is 0 Å². The van der Waals surface area contributed by atoms with Crippen molar-refractivity contribution < 1.29 is 4.79 Å². The Labute approximate surface area is 183 Å². The summed E-state index contributed by atoms with van der Waals surface area (Å²) >= 11 is 6.19. The minimum atomic E-state index is 0.149. The van der Waals surface area contributed by atoms with Gasteiger partial charge in [0.15, 0.2) is 5.96 Å². The van der Waals surface area contributed by atoms with Crippen LogP contribution in [-0.2, 0) is 23.3 Å². The van der Waals surface area contributed by atoms with Gasteiger partial charge in [0.2, 0.25) is 5.91 Å². The highest BCUT2D eigenvalue weighted by atomic mass is 35.5. The van der Waals surface area contributed by atoms with Crippen LogP contribution in [0.15, 0.2) is 53.5 Å². The van der Waals surface area contributed by atoms with Crippen LogP contribution in [0.3, 0.4) is 0 Å². The highest BCUT2D eigenvalue weighted by Crippen LogP contribution is 2.48. The van der Waals surface area contributed by atoms with Gasteiger partial charge in [0.1, 0.15) is 0 Å². The molecule has 2 aromatic rings. The minimum absolute atomic E-state index is 0.149. The summed E-state index contributed by atoms with van der Waals surface area (Å²) in [4.78, 5) is 18.3. The Bertz CT molecular complexity index is 938. The molecule has 5 nitrogen and oxygen atoms in total. The summed E-state index contributed by atoms with van der Waals surface area (Å²) in [6.45, 7) is 3.04. The largest absolute Gasteiger partial charge is 0.356 e. The number of guanidine groups is 1. The van der Waals surface area contributed by atoms with Gasteiger partial charge in [0.25, 0.3) is 0 Å². The zero-order chi connectivity index (χ0) is 21.0. The topological polar surface area (TPSA) is 56.7 Å². The molecule has 0 spiro atoms. The first-order valence-corrected chi connectivity index (χ1v) is 11.0. The summed E-state index contributed by atoms with van der Waals surface area (Å²) in [6.07, 6.45) is 3.95. The number of carbonyl (C=O) groups excluding carboxylic acids is 1.